The summed E-state index contributed by atoms with van der Waals surface area (Å²) < 4.78 is 1.40. The molecule has 0 saturated heterocycles. The number of aromatic nitrogens is 4. The highest BCUT2D eigenvalue weighted by Gasteiger charge is 2.07. The number of rotatable bonds is 4. The summed E-state index contributed by atoms with van der Waals surface area (Å²) in [5.74, 6) is -0.193. The molecule has 17 heavy (non-hydrogen) atoms. The Hall–Kier alpha value is -2.28. The molecular weight excluding hydrogens is 220 g/mol. The third kappa shape index (κ3) is 2.45. The molecule has 0 unspecified atom stereocenters. The highest BCUT2D eigenvalue weighted by atomic mass is 16.1. The molecule has 2 aromatic rings. The molecule has 4 N–H and O–H groups in total. The quantitative estimate of drug-likeness (QED) is 0.721. The first-order chi connectivity index (χ1) is 8.20. The number of carbonyl (C=O) groups excluding carboxylic acids is 1. The lowest BCUT2D eigenvalue weighted by molar-refractivity contribution is 0.0995. The summed E-state index contributed by atoms with van der Waals surface area (Å²) in [5.41, 5.74) is 11.7. The van der Waals surface area contributed by atoms with Crippen molar-refractivity contribution in [2.24, 2.45) is 11.5 Å². The van der Waals surface area contributed by atoms with E-state index in [0.29, 0.717) is 12.5 Å². The van der Waals surface area contributed by atoms with Crippen LogP contribution in [-0.2, 0) is 6.42 Å². The maximum Gasteiger partial charge on any atom is 0.269 e. The number of primary amides is 1. The van der Waals surface area contributed by atoms with Gasteiger partial charge in [-0.2, -0.15) is 5.10 Å². The normalized spacial score (nSPS) is 10.4. The lowest BCUT2D eigenvalue weighted by Crippen LogP contribution is -2.13. The van der Waals surface area contributed by atoms with Crippen LogP contribution < -0.4 is 11.5 Å². The summed E-state index contributed by atoms with van der Waals surface area (Å²) in [4.78, 5) is 19.1. The lowest BCUT2D eigenvalue weighted by Gasteiger charge is -2.00. The molecule has 0 atom stereocenters. The van der Waals surface area contributed by atoms with E-state index in [2.05, 4.69) is 15.1 Å². The fourth-order valence-electron chi connectivity index (χ4n) is 1.33. The van der Waals surface area contributed by atoms with E-state index in [9.17, 15) is 4.79 Å². The van der Waals surface area contributed by atoms with Gasteiger partial charge in [-0.25, -0.2) is 14.6 Å². The summed E-state index contributed by atoms with van der Waals surface area (Å²) in [5, 5.41) is 3.95. The second kappa shape index (κ2) is 4.71. The van der Waals surface area contributed by atoms with E-state index >= 15 is 0 Å². The maximum absolute atomic E-state index is 10.9. The van der Waals surface area contributed by atoms with Gasteiger partial charge in [0.2, 0.25) is 5.95 Å². The zero-order chi connectivity index (χ0) is 12.3. The molecule has 0 radical (unpaired) electrons. The Morgan fingerprint density at radius 3 is 2.59 bits per heavy atom. The molecule has 0 aromatic carbocycles. The van der Waals surface area contributed by atoms with Crippen LogP contribution in [0.5, 0.6) is 0 Å². The molecule has 0 spiro atoms. The van der Waals surface area contributed by atoms with Gasteiger partial charge in [-0.3, -0.25) is 4.79 Å². The van der Waals surface area contributed by atoms with Crippen LogP contribution in [-0.4, -0.2) is 32.2 Å². The van der Waals surface area contributed by atoms with E-state index in [0.717, 1.165) is 12.0 Å². The smallest absolute Gasteiger partial charge is 0.269 e. The van der Waals surface area contributed by atoms with Gasteiger partial charge < -0.3 is 11.5 Å². The number of hydrogen-bond donors (Lipinski definition) is 2. The highest BCUT2D eigenvalue weighted by molar-refractivity contribution is 5.90. The molecule has 0 fully saturated rings. The van der Waals surface area contributed by atoms with Crippen molar-refractivity contribution in [3.05, 3.63) is 35.9 Å². The van der Waals surface area contributed by atoms with Crippen molar-refractivity contribution in [1.82, 2.24) is 19.7 Å². The molecule has 7 nitrogen and oxygen atoms in total. The van der Waals surface area contributed by atoms with Gasteiger partial charge in [0, 0.05) is 18.6 Å². The minimum Gasteiger partial charge on any atom is -0.364 e. The van der Waals surface area contributed by atoms with E-state index in [-0.39, 0.29) is 5.69 Å². The SMILES string of the molecule is NCCc1cnc(-n2ccc(C(N)=O)n2)nc1. The zero-order valence-electron chi connectivity index (χ0n) is 9.08. The fourth-order valence-corrected chi connectivity index (χ4v) is 1.33. The van der Waals surface area contributed by atoms with E-state index in [4.69, 9.17) is 11.5 Å². The Kier molecular flexibility index (Phi) is 3.10. The summed E-state index contributed by atoms with van der Waals surface area (Å²) in [6.45, 7) is 0.552. The van der Waals surface area contributed by atoms with Crippen molar-refractivity contribution < 1.29 is 4.79 Å². The first-order valence-electron chi connectivity index (χ1n) is 5.07. The van der Waals surface area contributed by atoms with E-state index in [1.807, 2.05) is 0 Å². The van der Waals surface area contributed by atoms with Gasteiger partial charge >= 0.3 is 0 Å². The van der Waals surface area contributed by atoms with E-state index in [1.165, 1.54) is 10.7 Å². The molecular formula is C10H12N6O. The monoisotopic (exact) mass is 232 g/mol. The molecule has 1 amide bonds. The zero-order valence-corrected chi connectivity index (χ0v) is 9.08. The van der Waals surface area contributed by atoms with Crippen LogP contribution in [0.1, 0.15) is 16.1 Å². The van der Waals surface area contributed by atoms with Gasteiger partial charge in [-0.1, -0.05) is 0 Å². The molecule has 0 aliphatic rings. The van der Waals surface area contributed by atoms with Crippen LogP contribution >= 0.6 is 0 Å². The van der Waals surface area contributed by atoms with Crippen LogP contribution in [0.4, 0.5) is 0 Å². The molecule has 2 aromatic heterocycles. The van der Waals surface area contributed by atoms with Crippen molar-refractivity contribution >= 4 is 5.91 Å². The Morgan fingerprint density at radius 1 is 1.35 bits per heavy atom. The first-order valence-corrected chi connectivity index (χ1v) is 5.07. The maximum atomic E-state index is 10.9. The van der Waals surface area contributed by atoms with Crippen LogP contribution in [0.2, 0.25) is 0 Å². The Bertz CT molecular complexity index is 518. The Balaban J connectivity index is 2.23. The average Bonchev–Trinajstić information content (AvgIpc) is 2.80. The second-order valence-corrected chi connectivity index (χ2v) is 3.44. The Labute approximate surface area is 97.5 Å². The van der Waals surface area contributed by atoms with Crippen molar-refractivity contribution in [3.63, 3.8) is 0 Å². The minimum absolute atomic E-state index is 0.180. The number of hydrogen-bond acceptors (Lipinski definition) is 5. The molecule has 0 saturated carbocycles. The van der Waals surface area contributed by atoms with Gasteiger partial charge in [0.05, 0.1) is 0 Å². The molecule has 0 aliphatic carbocycles. The topological polar surface area (TPSA) is 113 Å². The number of carbonyl (C=O) groups is 1. The van der Waals surface area contributed by atoms with Crippen LogP contribution in [0.15, 0.2) is 24.7 Å². The number of amides is 1. The highest BCUT2D eigenvalue weighted by Crippen LogP contribution is 2.03. The lowest BCUT2D eigenvalue weighted by atomic mass is 10.2. The van der Waals surface area contributed by atoms with Crippen LogP contribution in [0, 0.1) is 0 Å². The summed E-state index contributed by atoms with van der Waals surface area (Å²) in [6.07, 6.45) is 5.67. The molecule has 0 bridgehead atoms. The molecule has 2 rings (SSSR count). The van der Waals surface area contributed by atoms with E-state index < -0.39 is 5.91 Å². The summed E-state index contributed by atoms with van der Waals surface area (Å²) in [7, 11) is 0. The third-order valence-corrected chi connectivity index (χ3v) is 2.17. The predicted octanol–water partition coefficient (Wildman–Crippen LogP) is -0.738. The molecule has 0 aliphatic heterocycles. The standard InChI is InChI=1S/C10H12N6O/c11-3-1-7-5-13-10(14-6-7)16-4-2-8(15-16)9(12)17/h2,4-6H,1,3,11H2,(H2,12,17). The minimum atomic E-state index is -0.580. The van der Waals surface area contributed by atoms with Crippen molar-refractivity contribution in [3.8, 4) is 5.95 Å². The van der Waals surface area contributed by atoms with Gasteiger partial charge in [0.1, 0.15) is 5.69 Å². The second-order valence-electron chi connectivity index (χ2n) is 3.44. The van der Waals surface area contributed by atoms with Gasteiger partial charge in [-0.05, 0) is 24.6 Å². The number of nitrogens with zero attached hydrogens (tertiary/aromatic N) is 4. The van der Waals surface area contributed by atoms with Gasteiger partial charge in [0.25, 0.3) is 5.91 Å². The van der Waals surface area contributed by atoms with E-state index in [1.54, 1.807) is 18.6 Å². The third-order valence-electron chi connectivity index (χ3n) is 2.17. The van der Waals surface area contributed by atoms with Crippen molar-refractivity contribution in [2.45, 2.75) is 6.42 Å². The fraction of sp³-hybridized carbons (Fsp3) is 0.200. The summed E-state index contributed by atoms with van der Waals surface area (Å²) >= 11 is 0. The van der Waals surface area contributed by atoms with Crippen LogP contribution in [0.25, 0.3) is 5.95 Å². The molecule has 2 heterocycles. The first kappa shape index (κ1) is 11.2. The van der Waals surface area contributed by atoms with Crippen LogP contribution in [0.3, 0.4) is 0 Å². The summed E-state index contributed by atoms with van der Waals surface area (Å²) in [6, 6.07) is 1.51. The van der Waals surface area contributed by atoms with Gasteiger partial charge in [0.15, 0.2) is 0 Å². The number of nitrogens with two attached hydrogens (primary N) is 2. The largest absolute Gasteiger partial charge is 0.364 e. The molecule has 88 valence electrons. The van der Waals surface area contributed by atoms with Gasteiger partial charge in [-0.15, -0.1) is 0 Å². The van der Waals surface area contributed by atoms with Crippen molar-refractivity contribution in [1.29, 1.82) is 0 Å². The predicted molar refractivity (Wildman–Crippen MR) is 60.4 cm³/mol. The molecule has 7 heteroatoms. The average molecular weight is 232 g/mol. The van der Waals surface area contributed by atoms with Crippen molar-refractivity contribution in [2.75, 3.05) is 6.54 Å². The Morgan fingerprint density at radius 2 is 2.06 bits per heavy atom.